The van der Waals surface area contributed by atoms with Crippen molar-refractivity contribution in [3.63, 3.8) is 0 Å². The van der Waals surface area contributed by atoms with E-state index >= 15 is 0 Å². The lowest BCUT2D eigenvalue weighted by atomic mass is 9.96. The van der Waals surface area contributed by atoms with E-state index in [2.05, 4.69) is 20.6 Å². The number of amides is 1. The summed E-state index contributed by atoms with van der Waals surface area (Å²) in [5.74, 6) is 1.35. The van der Waals surface area contributed by atoms with Crippen LogP contribution >= 0.6 is 0 Å². The summed E-state index contributed by atoms with van der Waals surface area (Å²) in [5, 5.41) is 6.40. The molecule has 6 heteroatoms. The summed E-state index contributed by atoms with van der Waals surface area (Å²) in [6, 6.07) is 15.6. The van der Waals surface area contributed by atoms with Crippen molar-refractivity contribution < 1.29 is 9.53 Å². The summed E-state index contributed by atoms with van der Waals surface area (Å²) in [7, 11) is 1.63. The van der Waals surface area contributed by atoms with E-state index in [4.69, 9.17) is 4.74 Å². The highest BCUT2D eigenvalue weighted by Gasteiger charge is 2.14. The van der Waals surface area contributed by atoms with Gasteiger partial charge in [0.2, 0.25) is 5.95 Å². The number of nitrogens with one attached hydrogen (secondary N) is 2. The Morgan fingerprint density at radius 3 is 2.45 bits per heavy atom. The minimum Gasteiger partial charge on any atom is -0.497 e. The fourth-order valence-corrected chi connectivity index (χ4v) is 3.85. The van der Waals surface area contributed by atoms with Crippen molar-refractivity contribution in [3.8, 4) is 16.9 Å². The van der Waals surface area contributed by atoms with E-state index in [0.717, 1.165) is 22.4 Å². The van der Waals surface area contributed by atoms with Gasteiger partial charge in [-0.3, -0.25) is 4.79 Å². The van der Waals surface area contributed by atoms with Gasteiger partial charge in [0.1, 0.15) is 5.75 Å². The Morgan fingerprint density at radius 1 is 1.00 bits per heavy atom. The normalized spacial score (nSPS) is 14.1. The maximum absolute atomic E-state index is 12.6. The van der Waals surface area contributed by atoms with Gasteiger partial charge in [0.25, 0.3) is 5.91 Å². The van der Waals surface area contributed by atoms with Gasteiger partial charge in [0, 0.05) is 36.1 Å². The molecule has 2 aromatic carbocycles. The van der Waals surface area contributed by atoms with E-state index in [9.17, 15) is 4.79 Å². The molecular weight excluding hydrogens is 388 g/mol. The van der Waals surface area contributed by atoms with Gasteiger partial charge in [-0.15, -0.1) is 0 Å². The number of hydrogen-bond acceptors (Lipinski definition) is 5. The van der Waals surface area contributed by atoms with E-state index in [1.807, 2.05) is 60.9 Å². The number of aromatic nitrogens is 2. The first kappa shape index (κ1) is 20.8. The number of methoxy groups -OCH3 is 1. The van der Waals surface area contributed by atoms with Gasteiger partial charge < -0.3 is 15.4 Å². The van der Waals surface area contributed by atoms with Crippen LogP contribution in [-0.4, -0.2) is 29.0 Å². The minimum atomic E-state index is -0.117. The van der Waals surface area contributed by atoms with Gasteiger partial charge in [0.15, 0.2) is 0 Å². The number of anilines is 1. The lowest BCUT2D eigenvalue weighted by molar-refractivity contribution is 0.0951. The van der Waals surface area contributed by atoms with Crippen molar-refractivity contribution in [1.29, 1.82) is 0 Å². The molecule has 1 aliphatic carbocycles. The fraction of sp³-hybridized carbons (Fsp3) is 0.320. The summed E-state index contributed by atoms with van der Waals surface area (Å²) in [6.45, 7) is 0.456. The molecule has 6 nitrogen and oxygen atoms in total. The second kappa shape index (κ2) is 10.1. The van der Waals surface area contributed by atoms with Crippen molar-refractivity contribution in [2.24, 2.45) is 0 Å². The molecule has 4 rings (SSSR count). The van der Waals surface area contributed by atoms with E-state index in [1.54, 1.807) is 7.11 Å². The zero-order chi connectivity index (χ0) is 21.5. The van der Waals surface area contributed by atoms with Crippen LogP contribution in [0.3, 0.4) is 0 Å². The third-order valence-corrected chi connectivity index (χ3v) is 5.66. The van der Waals surface area contributed by atoms with E-state index in [1.165, 1.54) is 32.1 Å². The highest BCUT2D eigenvalue weighted by molar-refractivity contribution is 5.95. The Morgan fingerprint density at radius 2 is 1.74 bits per heavy atom. The third-order valence-electron chi connectivity index (χ3n) is 5.66. The number of ether oxygens (including phenoxy) is 1. The summed E-state index contributed by atoms with van der Waals surface area (Å²) < 4.78 is 5.16. The van der Waals surface area contributed by atoms with E-state index in [0.29, 0.717) is 24.1 Å². The zero-order valence-corrected chi connectivity index (χ0v) is 17.8. The Hall–Kier alpha value is -3.41. The molecule has 1 aliphatic rings. The minimum absolute atomic E-state index is 0.117. The first-order valence-electron chi connectivity index (χ1n) is 10.8. The number of carbonyl (C=O) groups is 1. The standard InChI is InChI=1S/C25H28N4O2/c1-31-23-12-10-18(11-13-23)15-26-24(30)20-7-5-6-19(14-20)21-16-27-25(28-17-21)29-22-8-3-2-4-9-22/h5-7,10-14,16-17,22H,2-4,8-9,15H2,1H3,(H,26,30)(H,27,28,29). The molecule has 1 aromatic heterocycles. The van der Waals surface area contributed by atoms with Crippen molar-refractivity contribution in [1.82, 2.24) is 15.3 Å². The molecule has 1 fully saturated rings. The smallest absolute Gasteiger partial charge is 0.251 e. The lowest BCUT2D eigenvalue weighted by Gasteiger charge is -2.22. The maximum Gasteiger partial charge on any atom is 0.251 e. The third kappa shape index (κ3) is 5.60. The van der Waals surface area contributed by atoms with Crippen molar-refractivity contribution in [3.05, 3.63) is 72.1 Å². The van der Waals surface area contributed by atoms with Crippen LogP contribution in [0.2, 0.25) is 0 Å². The van der Waals surface area contributed by atoms with E-state index < -0.39 is 0 Å². The van der Waals surface area contributed by atoms with Crippen LogP contribution in [0.5, 0.6) is 5.75 Å². The molecule has 0 atom stereocenters. The number of hydrogen-bond donors (Lipinski definition) is 2. The lowest BCUT2D eigenvalue weighted by Crippen LogP contribution is -2.23. The monoisotopic (exact) mass is 416 g/mol. The molecule has 0 radical (unpaired) electrons. The Labute approximate surface area is 183 Å². The molecule has 0 saturated heterocycles. The van der Waals surface area contributed by atoms with Gasteiger partial charge in [-0.1, -0.05) is 43.5 Å². The highest BCUT2D eigenvalue weighted by Crippen LogP contribution is 2.22. The highest BCUT2D eigenvalue weighted by atomic mass is 16.5. The van der Waals surface area contributed by atoms with Crippen molar-refractivity contribution >= 4 is 11.9 Å². The van der Waals surface area contributed by atoms with Crippen LogP contribution in [0.25, 0.3) is 11.1 Å². The van der Waals surface area contributed by atoms with Gasteiger partial charge in [-0.25, -0.2) is 9.97 Å². The predicted molar refractivity (Wildman–Crippen MR) is 122 cm³/mol. The van der Waals surface area contributed by atoms with Gasteiger partial charge in [0.05, 0.1) is 7.11 Å². The fourth-order valence-electron chi connectivity index (χ4n) is 3.85. The summed E-state index contributed by atoms with van der Waals surface area (Å²) in [6.07, 6.45) is 9.84. The number of nitrogens with zero attached hydrogens (tertiary/aromatic N) is 2. The first-order chi connectivity index (χ1) is 15.2. The molecule has 1 heterocycles. The molecule has 31 heavy (non-hydrogen) atoms. The average Bonchev–Trinajstić information content (AvgIpc) is 2.84. The summed E-state index contributed by atoms with van der Waals surface area (Å²) >= 11 is 0. The van der Waals surface area contributed by atoms with E-state index in [-0.39, 0.29) is 5.91 Å². The van der Waals surface area contributed by atoms with Crippen LogP contribution in [-0.2, 0) is 6.54 Å². The molecule has 0 unspecified atom stereocenters. The zero-order valence-electron chi connectivity index (χ0n) is 17.8. The average molecular weight is 417 g/mol. The molecule has 160 valence electrons. The molecule has 0 bridgehead atoms. The van der Waals surface area contributed by atoms with Gasteiger partial charge in [-0.05, 0) is 48.2 Å². The van der Waals surface area contributed by atoms with Crippen LogP contribution in [0.4, 0.5) is 5.95 Å². The summed E-state index contributed by atoms with van der Waals surface area (Å²) in [5.41, 5.74) is 3.43. The van der Waals surface area contributed by atoms with Gasteiger partial charge in [-0.2, -0.15) is 0 Å². The Balaban J connectivity index is 1.38. The van der Waals surface area contributed by atoms with Crippen LogP contribution in [0, 0.1) is 0 Å². The van der Waals surface area contributed by atoms with Crippen molar-refractivity contribution in [2.45, 2.75) is 44.7 Å². The topological polar surface area (TPSA) is 76.1 Å². The van der Waals surface area contributed by atoms with Crippen molar-refractivity contribution in [2.75, 3.05) is 12.4 Å². The quantitative estimate of drug-likeness (QED) is 0.577. The predicted octanol–water partition coefficient (Wildman–Crippen LogP) is 4.83. The SMILES string of the molecule is COc1ccc(CNC(=O)c2cccc(-c3cnc(NC4CCCCC4)nc3)c2)cc1. The number of carbonyl (C=O) groups excluding carboxylic acids is 1. The number of rotatable bonds is 7. The van der Waals surface area contributed by atoms with Gasteiger partial charge >= 0.3 is 0 Å². The van der Waals surface area contributed by atoms with Crippen LogP contribution < -0.4 is 15.4 Å². The Bertz CT molecular complexity index is 997. The maximum atomic E-state index is 12.6. The number of benzene rings is 2. The van der Waals surface area contributed by atoms with Crippen LogP contribution in [0.1, 0.15) is 48.0 Å². The molecule has 0 aliphatic heterocycles. The molecule has 1 saturated carbocycles. The molecule has 1 amide bonds. The molecule has 3 aromatic rings. The molecule has 2 N–H and O–H groups in total. The summed E-state index contributed by atoms with van der Waals surface area (Å²) in [4.78, 5) is 21.6. The molecule has 0 spiro atoms. The largest absolute Gasteiger partial charge is 0.497 e. The Kier molecular flexibility index (Phi) is 6.77. The second-order valence-electron chi connectivity index (χ2n) is 7.89. The first-order valence-corrected chi connectivity index (χ1v) is 10.8. The van der Waals surface area contributed by atoms with Crippen LogP contribution in [0.15, 0.2) is 60.9 Å². The molecular formula is C25H28N4O2. The second-order valence-corrected chi connectivity index (χ2v) is 7.89.